The van der Waals surface area contributed by atoms with E-state index in [1.54, 1.807) is 28.6 Å². The number of hydrogen-bond acceptors (Lipinski definition) is 4. The van der Waals surface area contributed by atoms with Crippen LogP contribution in [0.4, 0.5) is 18.9 Å². The maximum absolute atomic E-state index is 13.7. The summed E-state index contributed by atoms with van der Waals surface area (Å²) in [6, 6.07) is 10.9. The maximum atomic E-state index is 13.7. The summed E-state index contributed by atoms with van der Waals surface area (Å²) in [4.78, 5) is 2.43. The highest BCUT2D eigenvalue weighted by Gasteiger charge is 2.45. The second-order valence-corrected chi connectivity index (χ2v) is 10.3. The lowest BCUT2D eigenvalue weighted by molar-refractivity contribution is -0.274. The SMILES string of the molecule is O=S(=O)(c1cccc2c1C=CC2)N1C2CCCC1CN(c1ccc(OC(F)(F)F)cc1)C2. The minimum absolute atomic E-state index is 0.181. The molecular formula is C23H23F3N2O3S. The number of anilines is 1. The predicted octanol–water partition coefficient (Wildman–Crippen LogP) is 4.59. The van der Waals surface area contributed by atoms with Gasteiger partial charge in [-0.3, -0.25) is 0 Å². The largest absolute Gasteiger partial charge is 0.573 e. The number of fused-ring (bicyclic) bond motifs is 3. The summed E-state index contributed by atoms with van der Waals surface area (Å²) in [6.07, 6.45) is 2.35. The number of rotatable bonds is 4. The number of nitrogens with zero attached hydrogens (tertiary/aromatic N) is 2. The fourth-order valence-corrected chi connectivity index (χ4v) is 7.21. The van der Waals surface area contributed by atoms with Gasteiger partial charge in [0.25, 0.3) is 0 Å². The number of alkyl halides is 3. The van der Waals surface area contributed by atoms with Gasteiger partial charge in [0.2, 0.25) is 10.0 Å². The van der Waals surface area contributed by atoms with Crippen molar-refractivity contribution in [2.75, 3.05) is 18.0 Å². The Morgan fingerprint density at radius 3 is 2.31 bits per heavy atom. The van der Waals surface area contributed by atoms with Crippen molar-refractivity contribution in [2.24, 2.45) is 0 Å². The van der Waals surface area contributed by atoms with E-state index in [9.17, 15) is 21.6 Å². The Bertz CT molecular complexity index is 1130. The van der Waals surface area contributed by atoms with Gasteiger partial charge in [0, 0.05) is 30.9 Å². The van der Waals surface area contributed by atoms with Crippen LogP contribution >= 0.6 is 0 Å². The van der Waals surface area contributed by atoms with Crippen molar-refractivity contribution in [2.45, 2.75) is 49.0 Å². The summed E-state index contributed by atoms with van der Waals surface area (Å²) >= 11 is 0. The van der Waals surface area contributed by atoms with Gasteiger partial charge in [-0.25, -0.2) is 8.42 Å². The van der Waals surface area contributed by atoms with Crippen molar-refractivity contribution < 1.29 is 26.3 Å². The van der Waals surface area contributed by atoms with Gasteiger partial charge in [-0.1, -0.05) is 30.7 Å². The Morgan fingerprint density at radius 1 is 0.969 bits per heavy atom. The standard InChI is InChI=1S/C23H23F3N2O3S/c24-23(25,26)31-20-12-10-17(11-13-20)27-14-18-6-3-7-19(15-27)28(18)32(29,30)22-9-2-5-16-4-1-8-21(16)22/h1-2,5,8-13,18-19H,3-4,6-7,14-15H2. The second-order valence-electron chi connectivity index (χ2n) is 8.46. The van der Waals surface area contributed by atoms with Crippen molar-refractivity contribution in [3.8, 4) is 5.75 Å². The van der Waals surface area contributed by atoms with E-state index in [0.717, 1.165) is 42.5 Å². The highest BCUT2D eigenvalue weighted by atomic mass is 32.2. The van der Waals surface area contributed by atoms with E-state index in [2.05, 4.69) is 9.64 Å². The van der Waals surface area contributed by atoms with Gasteiger partial charge in [0.05, 0.1) is 4.90 Å². The van der Waals surface area contributed by atoms with Crippen molar-refractivity contribution in [3.63, 3.8) is 0 Å². The zero-order valence-electron chi connectivity index (χ0n) is 17.3. The average Bonchev–Trinajstić information content (AvgIpc) is 3.21. The van der Waals surface area contributed by atoms with E-state index in [4.69, 9.17) is 0 Å². The highest BCUT2D eigenvalue weighted by Crippen LogP contribution is 2.38. The van der Waals surface area contributed by atoms with Crippen molar-refractivity contribution in [1.82, 2.24) is 4.31 Å². The Labute approximate surface area is 185 Å². The molecule has 0 aromatic heterocycles. The van der Waals surface area contributed by atoms with E-state index in [1.165, 1.54) is 12.1 Å². The molecule has 2 aromatic carbocycles. The van der Waals surface area contributed by atoms with Crippen LogP contribution in [0.1, 0.15) is 30.4 Å². The molecule has 0 saturated carbocycles. The van der Waals surface area contributed by atoms with E-state index in [0.29, 0.717) is 18.0 Å². The zero-order valence-corrected chi connectivity index (χ0v) is 18.1. The number of hydrogen-bond donors (Lipinski definition) is 0. The molecule has 2 heterocycles. The van der Waals surface area contributed by atoms with Crippen molar-refractivity contribution >= 4 is 21.8 Å². The van der Waals surface area contributed by atoms with E-state index < -0.39 is 16.4 Å². The molecule has 2 unspecified atom stereocenters. The third kappa shape index (κ3) is 3.88. The molecule has 0 amide bonds. The lowest BCUT2D eigenvalue weighted by Crippen LogP contribution is -2.62. The van der Waals surface area contributed by atoms with E-state index >= 15 is 0 Å². The van der Waals surface area contributed by atoms with E-state index in [1.807, 2.05) is 18.2 Å². The normalized spacial score (nSPS) is 23.3. The molecular weight excluding hydrogens is 441 g/mol. The highest BCUT2D eigenvalue weighted by molar-refractivity contribution is 7.89. The number of allylic oxidation sites excluding steroid dienone is 1. The van der Waals surface area contributed by atoms with Crippen LogP contribution in [0.2, 0.25) is 0 Å². The molecule has 170 valence electrons. The first-order valence-corrected chi connectivity index (χ1v) is 12.1. The average molecular weight is 465 g/mol. The fourth-order valence-electron chi connectivity index (χ4n) is 5.13. The second kappa shape index (κ2) is 7.81. The van der Waals surface area contributed by atoms with Crippen LogP contribution in [0.25, 0.3) is 6.08 Å². The Morgan fingerprint density at radius 2 is 1.66 bits per heavy atom. The lowest BCUT2D eigenvalue weighted by Gasteiger charge is -2.49. The molecule has 0 spiro atoms. The summed E-state index contributed by atoms with van der Waals surface area (Å²) in [5, 5.41) is 0. The quantitative estimate of drug-likeness (QED) is 0.665. The number of piperidine rings is 1. The smallest absolute Gasteiger partial charge is 0.406 e. The first-order valence-electron chi connectivity index (χ1n) is 10.6. The van der Waals surface area contributed by atoms with Gasteiger partial charge in [-0.15, -0.1) is 13.2 Å². The Hall–Kier alpha value is -2.52. The lowest BCUT2D eigenvalue weighted by atomic mass is 9.94. The molecule has 0 radical (unpaired) electrons. The Balaban J connectivity index is 1.40. The van der Waals surface area contributed by atoms with Crippen LogP contribution in [0.15, 0.2) is 53.4 Å². The van der Waals surface area contributed by atoms with Gasteiger partial charge in [-0.2, -0.15) is 4.31 Å². The molecule has 2 atom stereocenters. The predicted molar refractivity (Wildman–Crippen MR) is 115 cm³/mol. The summed E-state index contributed by atoms with van der Waals surface area (Å²) < 4.78 is 70.4. The van der Waals surface area contributed by atoms with Gasteiger partial charge < -0.3 is 9.64 Å². The topological polar surface area (TPSA) is 49.9 Å². The van der Waals surface area contributed by atoms with Crippen LogP contribution < -0.4 is 9.64 Å². The van der Waals surface area contributed by atoms with Crippen LogP contribution in [-0.4, -0.2) is 44.3 Å². The number of benzene rings is 2. The Kier molecular flexibility index (Phi) is 5.21. The van der Waals surface area contributed by atoms with E-state index in [-0.39, 0.29) is 17.8 Å². The van der Waals surface area contributed by atoms with Gasteiger partial charge >= 0.3 is 6.36 Å². The third-order valence-corrected chi connectivity index (χ3v) is 8.49. The molecule has 5 nitrogen and oxygen atoms in total. The minimum Gasteiger partial charge on any atom is -0.406 e. The fraction of sp³-hybridized carbons (Fsp3) is 0.391. The molecule has 32 heavy (non-hydrogen) atoms. The summed E-state index contributed by atoms with van der Waals surface area (Å²) in [5.74, 6) is -0.270. The van der Waals surface area contributed by atoms with Crippen molar-refractivity contribution in [1.29, 1.82) is 0 Å². The van der Waals surface area contributed by atoms with Crippen LogP contribution in [0, 0.1) is 0 Å². The molecule has 2 saturated heterocycles. The number of ether oxygens (including phenoxy) is 1. The molecule has 9 heteroatoms. The summed E-state index contributed by atoms with van der Waals surface area (Å²) in [5.41, 5.74) is 2.57. The zero-order chi connectivity index (χ0) is 22.5. The molecule has 5 rings (SSSR count). The van der Waals surface area contributed by atoms with Crippen LogP contribution in [0.3, 0.4) is 0 Å². The first kappa shape index (κ1) is 21.3. The number of sulfonamides is 1. The molecule has 3 aliphatic rings. The molecule has 2 bridgehead atoms. The summed E-state index contributed by atoms with van der Waals surface area (Å²) in [7, 11) is -3.67. The van der Waals surface area contributed by atoms with Gasteiger partial charge in [-0.05, 0) is 60.7 Å². The van der Waals surface area contributed by atoms with Gasteiger partial charge in [0.15, 0.2) is 0 Å². The number of halogens is 3. The molecule has 1 aliphatic carbocycles. The van der Waals surface area contributed by atoms with Crippen molar-refractivity contribution in [3.05, 3.63) is 59.7 Å². The first-order chi connectivity index (χ1) is 15.2. The third-order valence-electron chi connectivity index (χ3n) is 6.43. The minimum atomic E-state index is -4.73. The molecule has 0 N–H and O–H groups in total. The molecule has 2 aromatic rings. The molecule has 2 fully saturated rings. The van der Waals surface area contributed by atoms with Crippen LogP contribution in [0.5, 0.6) is 5.75 Å². The monoisotopic (exact) mass is 464 g/mol. The summed E-state index contributed by atoms with van der Waals surface area (Å²) in [6.45, 7) is 1.00. The van der Waals surface area contributed by atoms with Crippen LogP contribution in [-0.2, 0) is 16.4 Å². The van der Waals surface area contributed by atoms with Gasteiger partial charge in [0.1, 0.15) is 5.75 Å². The maximum Gasteiger partial charge on any atom is 0.573 e. The molecule has 2 aliphatic heterocycles. The number of piperazine rings is 1.